The van der Waals surface area contributed by atoms with Gasteiger partial charge in [-0.2, -0.15) is 0 Å². The summed E-state index contributed by atoms with van der Waals surface area (Å²) >= 11 is 9.58. The van der Waals surface area contributed by atoms with Gasteiger partial charge in [-0.1, -0.05) is 27.5 Å². The molecule has 1 amide bonds. The fourth-order valence-corrected chi connectivity index (χ4v) is 2.81. The van der Waals surface area contributed by atoms with Crippen LogP contribution in [0, 0.1) is 0 Å². The molecule has 1 saturated carbocycles. The van der Waals surface area contributed by atoms with Gasteiger partial charge in [-0.25, -0.2) is 0 Å². The summed E-state index contributed by atoms with van der Waals surface area (Å²) in [5.41, 5.74) is 1.63. The average molecular weight is 366 g/mol. The summed E-state index contributed by atoms with van der Waals surface area (Å²) in [5, 5.41) is 0.489. The number of hydrogen-bond donors (Lipinski definition) is 0. The van der Waals surface area contributed by atoms with E-state index in [-0.39, 0.29) is 5.91 Å². The molecule has 3 nitrogen and oxygen atoms in total. The zero-order valence-corrected chi connectivity index (χ0v) is 13.6. The summed E-state index contributed by atoms with van der Waals surface area (Å²) < 4.78 is 0.856. The maximum absolute atomic E-state index is 12.8. The normalized spacial score (nSPS) is 14.0. The van der Waals surface area contributed by atoms with Crippen LogP contribution in [0.3, 0.4) is 0 Å². The smallest absolute Gasteiger partial charge is 0.255 e. The number of carbonyl (C=O) groups excluding carboxylic acids is 1. The molecule has 1 aromatic heterocycles. The summed E-state index contributed by atoms with van der Waals surface area (Å²) in [7, 11) is 0. The van der Waals surface area contributed by atoms with Gasteiger partial charge in [0.15, 0.2) is 0 Å². The molecule has 108 valence electrons. The minimum Gasteiger partial charge on any atom is -0.331 e. The zero-order chi connectivity index (χ0) is 14.8. The molecule has 2 aromatic rings. The molecule has 0 unspecified atom stereocenters. The first-order valence-corrected chi connectivity index (χ1v) is 7.97. The molecule has 1 aliphatic carbocycles. The number of hydrogen-bond acceptors (Lipinski definition) is 2. The predicted octanol–water partition coefficient (Wildman–Crippen LogP) is 4.30. The molecule has 1 aliphatic rings. The van der Waals surface area contributed by atoms with E-state index in [9.17, 15) is 4.79 Å². The van der Waals surface area contributed by atoms with Crippen LogP contribution in [0.15, 0.2) is 47.2 Å². The molecule has 1 heterocycles. The number of carbonyl (C=O) groups is 1. The highest BCUT2D eigenvalue weighted by Gasteiger charge is 2.33. The van der Waals surface area contributed by atoms with Gasteiger partial charge in [0.1, 0.15) is 0 Å². The van der Waals surface area contributed by atoms with E-state index in [4.69, 9.17) is 11.6 Å². The van der Waals surface area contributed by atoms with Crippen molar-refractivity contribution in [3.05, 3.63) is 63.3 Å². The first-order chi connectivity index (χ1) is 10.1. The van der Waals surface area contributed by atoms with Crippen molar-refractivity contribution in [2.24, 2.45) is 0 Å². The van der Waals surface area contributed by atoms with Crippen LogP contribution in [0.1, 0.15) is 28.8 Å². The molecule has 1 fully saturated rings. The third kappa shape index (κ3) is 3.44. The van der Waals surface area contributed by atoms with Crippen molar-refractivity contribution in [1.29, 1.82) is 0 Å². The van der Waals surface area contributed by atoms with Crippen LogP contribution >= 0.6 is 27.5 Å². The molecule has 0 N–H and O–H groups in total. The summed E-state index contributed by atoms with van der Waals surface area (Å²) in [6.45, 7) is 0.592. The number of amides is 1. The molecular weight excluding hydrogens is 352 g/mol. The summed E-state index contributed by atoms with van der Waals surface area (Å²) in [6, 6.07) is 9.56. The first-order valence-electron chi connectivity index (χ1n) is 6.80. The molecule has 3 rings (SSSR count). The molecule has 0 radical (unpaired) electrons. The van der Waals surface area contributed by atoms with Crippen LogP contribution in [-0.2, 0) is 6.54 Å². The predicted molar refractivity (Wildman–Crippen MR) is 86.3 cm³/mol. The van der Waals surface area contributed by atoms with E-state index in [1.54, 1.807) is 24.5 Å². The summed E-state index contributed by atoms with van der Waals surface area (Å²) in [6.07, 6.45) is 5.61. The van der Waals surface area contributed by atoms with Gasteiger partial charge in [0.05, 0.1) is 10.6 Å². The van der Waals surface area contributed by atoms with Gasteiger partial charge >= 0.3 is 0 Å². The van der Waals surface area contributed by atoms with Crippen LogP contribution in [-0.4, -0.2) is 21.8 Å². The highest BCUT2D eigenvalue weighted by molar-refractivity contribution is 9.10. The van der Waals surface area contributed by atoms with Gasteiger partial charge in [0.2, 0.25) is 0 Å². The number of halogens is 2. The Morgan fingerprint density at radius 2 is 2.00 bits per heavy atom. The molecule has 1 aromatic carbocycles. The quantitative estimate of drug-likeness (QED) is 0.809. The van der Waals surface area contributed by atoms with Crippen molar-refractivity contribution in [3.8, 4) is 0 Å². The second kappa shape index (κ2) is 6.16. The highest BCUT2D eigenvalue weighted by atomic mass is 79.9. The Morgan fingerprint density at radius 1 is 1.29 bits per heavy atom. The lowest BCUT2D eigenvalue weighted by atomic mass is 10.1. The highest BCUT2D eigenvalue weighted by Crippen LogP contribution is 2.31. The maximum atomic E-state index is 12.8. The summed E-state index contributed by atoms with van der Waals surface area (Å²) in [4.78, 5) is 18.7. The second-order valence-corrected chi connectivity index (χ2v) is 6.47. The number of rotatable bonds is 4. The van der Waals surface area contributed by atoms with Crippen LogP contribution in [0.5, 0.6) is 0 Å². The lowest BCUT2D eigenvalue weighted by Crippen LogP contribution is -2.32. The molecule has 0 saturated heterocycles. The largest absolute Gasteiger partial charge is 0.331 e. The third-order valence-electron chi connectivity index (χ3n) is 3.51. The van der Waals surface area contributed by atoms with Gasteiger partial charge in [-0.05, 0) is 48.7 Å². The molecule has 5 heteroatoms. The van der Waals surface area contributed by atoms with Gasteiger partial charge in [-0.15, -0.1) is 0 Å². The summed E-state index contributed by atoms with van der Waals surface area (Å²) in [5.74, 6) is -0.0133. The SMILES string of the molecule is O=C(c1cc(Br)ccc1Cl)N(Cc1ccncc1)C1CC1. The lowest BCUT2D eigenvalue weighted by molar-refractivity contribution is 0.0730. The molecule has 0 spiro atoms. The van der Waals surface area contributed by atoms with Crippen molar-refractivity contribution >= 4 is 33.4 Å². The van der Waals surface area contributed by atoms with Crippen molar-refractivity contribution in [2.45, 2.75) is 25.4 Å². The number of pyridine rings is 1. The Balaban J connectivity index is 1.87. The van der Waals surface area contributed by atoms with E-state index in [0.29, 0.717) is 23.2 Å². The number of aromatic nitrogens is 1. The Labute approximate surface area is 137 Å². The fraction of sp³-hybridized carbons (Fsp3) is 0.250. The minimum atomic E-state index is -0.0133. The van der Waals surface area contributed by atoms with E-state index in [2.05, 4.69) is 20.9 Å². The number of benzene rings is 1. The van der Waals surface area contributed by atoms with E-state index >= 15 is 0 Å². The van der Waals surface area contributed by atoms with E-state index < -0.39 is 0 Å². The lowest BCUT2D eigenvalue weighted by Gasteiger charge is -2.23. The monoisotopic (exact) mass is 364 g/mol. The van der Waals surface area contributed by atoms with Crippen LogP contribution in [0.25, 0.3) is 0 Å². The fourth-order valence-electron chi connectivity index (χ4n) is 2.25. The zero-order valence-electron chi connectivity index (χ0n) is 11.3. The van der Waals surface area contributed by atoms with Crippen molar-refractivity contribution in [3.63, 3.8) is 0 Å². The van der Waals surface area contributed by atoms with Crippen molar-refractivity contribution < 1.29 is 4.79 Å². The molecule has 0 aliphatic heterocycles. The molecular formula is C16H14BrClN2O. The van der Waals surface area contributed by atoms with Gasteiger partial charge in [-0.3, -0.25) is 9.78 Å². The Morgan fingerprint density at radius 3 is 2.67 bits per heavy atom. The van der Waals surface area contributed by atoms with Crippen molar-refractivity contribution in [2.75, 3.05) is 0 Å². The molecule has 0 atom stereocenters. The van der Waals surface area contributed by atoms with Crippen LogP contribution < -0.4 is 0 Å². The van der Waals surface area contributed by atoms with E-state index in [1.807, 2.05) is 23.1 Å². The topological polar surface area (TPSA) is 33.2 Å². The van der Waals surface area contributed by atoms with Crippen molar-refractivity contribution in [1.82, 2.24) is 9.88 Å². The van der Waals surface area contributed by atoms with E-state index in [0.717, 1.165) is 22.9 Å². The van der Waals surface area contributed by atoms with Gasteiger partial charge in [0.25, 0.3) is 5.91 Å². The molecule has 0 bridgehead atoms. The minimum absolute atomic E-state index is 0.0133. The van der Waals surface area contributed by atoms with Gasteiger partial charge < -0.3 is 4.90 Å². The Hall–Kier alpha value is -1.39. The molecule has 21 heavy (non-hydrogen) atoms. The number of nitrogens with zero attached hydrogens (tertiary/aromatic N) is 2. The van der Waals surface area contributed by atoms with Crippen LogP contribution in [0.2, 0.25) is 5.02 Å². The van der Waals surface area contributed by atoms with Gasteiger partial charge in [0, 0.05) is 29.5 Å². The average Bonchev–Trinajstić information content (AvgIpc) is 3.32. The first kappa shape index (κ1) is 14.5. The second-order valence-electron chi connectivity index (χ2n) is 5.14. The van der Waals surface area contributed by atoms with E-state index in [1.165, 1.54) is 0 Å². The standard InChI is InChI=1S/C16H14BrClN2O/c17-12-1-4-15(18)14(9-12)16(21)20(13-2-3-13)10-11-5-7-19-8-6-11/h1,4-9,13H,2-3,10H2. The Kier molecular flexibility index (Phi) is 4.27. The maximum Gasteiger partial charge on any atom is 0.255 e. The third-order valence-corrected chi connectivity index (χ3v) is 4.33. The Bertz CT molecular complexity index is 659. The van der Waals surface area contributed by atoms with Crippen LogP contribution in [0.4, 0.5) is 0 Å².